The summed E-state index contributed by atoms with van der Waals surface area (Å²) in [5.41, 5.74) is 2.16. The molecule has 0 aliphatic carbocycles. The van der Waals surface area contributed by atoms with Gasteiger partial charge in [-0.1, -0.05) is 28.4 Å². The summed E-state index contributed by atoms with van der Waals surface area (Å²) in [5.74, 6) is -0.196. The first kappa shape index (κ1) is 15.4. The Hall–Kier alpha value is -0.670. The number of allylic oxidation sites excluding steroid dienone is 1. The number of hydrogen-bond donors (Lipinski definition) is 1. The molecule has 3 heteroatoms. The zero-order valence-electron chi connectivity index (χ0n) is 11.1. The minimum absolute atomic E-state index is 0.189. The highest BCUT2D eigenvalue weighted by atomic mass is 79.9. The van der Waals surface area contributed by atoms with E-state index in [-0.39, 0.29) is 11.9 Å². The molecule has 0 bridgehead atoms. The maximum atomic E-state index is 13.4. The van der Waals surface area contributed by atoms with E-state index in [2.05, 4.69) is 34.7 Å². The second kappa shape index (κ2) is 7.70. The fraction of sp³-hybridized carbons (Fsp3) is 0.467. The summed E-state index contributed by atoms with van der Waals surface area (Å²) >= 11 is 3.34. The number of benzene rings is 1. The summed E-state index contributed by atoms with van der Waals surface area (Å²) in [7, 11) is 0. The van der Waals surface area contributed by atoms with Gasteiger partial charge in [0.25, 0.3) is 0 Å². The van der Waals surface area contributed by atoms with Crippen molar-refractivity contribution in [3.05, 3.63) is 46.2 Å². The molecule has 0 spiro atoms. The van der Waals surface area contributed by atoms with Crippen LogP contribution in [0.4, 0.5) is 4.39 Å². The van der Waals surface area contributed by atoms with Crippen LogP contribution in [0.1, 0.15) is 44.7 Å². The standard InChI is InChI=1S/C15H21BrFN/c1-4-7-18-15(6-5-11(2)3)12-8-13(16)10-14(17)9-12/h8-10,15,18H,2,4-7H2,1,3H3. The van der Waals surface area contributed by atoms with Crippen molar-refractivity contribution in [2.24, 2.45) is 0 Å². The maximum Gasteiger partial charge on any atom is 0.124 e. The number of rotatable bonds is 7. The molecule has 1 aromatic carbocycles. The summed E-state index contributed by atoms with van der Waals surface area (Å²) < 4.78 is 14.2. The van der Waals surface area contributed by atoms with Crippen LogP contribution in [0.2, 0.25) is 0 Å². The van der Waals surface area contributed by atoms with Gasteiger partial charge in [-0.25, -0.2) is 4.39 Å². The molecule has 1 unspecified atom stereocenters. The molecule has 1 aromatic rings. The van der Waals surface area contributed by atoms with Crippen LogP contribution in [0.15, 0.2) is 34.8 Å². The van der Waals surface area contributed by atoms with Crippen molar-refractivity contribution < 1.29 is 4.39 Å². The average Bonchev–Trinajstić information content (AvgIpc) is 2.27. The average molecular weight is 314 g/mol. The first-order valence-corrected chi connectivity index (χ1v) is 7.16. The third-order valence-electron chi connectivity index (χ3n) is 2.79. The van der Waals surface area contributed by atoms with Crippen molar-refractivity contribution in [2.45, 2.75) is 39.2 Å². The van der Waals surface area contributed by atoms with Crippen LogP contribution in [0.5, 0.6) is 0 Å². The lowest BCUT2D eigenvalue weighted by Gasteiger charge is -2.19. The van der Waals surface area contributed by atoms with E-state index >= 15 is 0 Å². The van der Waals surface area contributed by atoms with Gasteiger partial charge in [-0.15, -0.1) is 6.58 Å². The minimum Gasteiger partial charge on any atom is -0.310 e. The molecule has 100 valence electrons. The Bertz CT molecular complexity index is 383. The number of hydrogen-bond acceptors (Lipinski definition) is 1. The first-order valence-electron chi connectivity index (χ1n) is 6.36. The fourth-order valence-corrected chi connectivity index (χ4v) is 2.36. The molecule has 1 rings (SSSR count). The van der Waals surface area contributed by atoms with Gasteiger partial charge in [-0.3, -0.25) is 0 Å². The molecule has 0 aliphatic heterocycles. The Labute approximate surface area is 118 Å². The van der Waals surface area contributed by atoms with Gasteiger partial charge in [0.15, 0.2) is 0 Å². The van der Waals surface area contributed by atoms with Gasteiger partial charge in [0, 0.05) is 10.5 Å². The van der Waals surface area contributed by atoms with Gasteiger partial charge in [-0.05, 0) is 56.5 Å². The van der Waals surface area contributed by atoms with Gasteiger partial charge in [-0.2, -0.15) is 0 Å². The van der Waals surface area contributed by atoms with Crippen LogP contribution in [0.25, 0.3) is 0 Å². The molecule has 0 amide bonds. The molecule has 0 aromatic heterocycles. The van der Waals surface area contributed by atoms with E-state index in [9.17, 15) is 4.39 Å². The van der Waals surface area contributed by atoms with E-state index in [4.69, 9.17) is 0 Å². The normalized spacial score (nSPS) is 12.4. The zero-order valence-corrected chi connectivity index (χ0v) is 12.7. The second-order valence-electron chi connectivity index (χ2n) is 4.71. The molecule has 1 N–H and O–H groups in total. The van der Waals surface area contributed by atoms with Gasteiger partial charge >= 0.3 is 0 Å². The Kier molecular flexibility index (Phi) is 6.58. The third kappa shape index (κ3) is 5.32. The van der Waals surface area contributed by atoms with Crippen molar-refractivity contribution in [2.75, 3.05) is 6.54 Å². The van der Waals surface area contributed by atoms with Crippen LogP contribution < -0.4 is 5.32 Å². The van der Waals surface area contributed by atoms with Crippen molar-refractivity contribution in [1.29, 1.82) is 0 Å². The second-order valence-corrected chi connectivity index (χ2v) is 5.62. The van der Waals surface area contributed by atoms with Crippen molar-refractivity contribution in [3.63, 3.8) is 0 Å². The topological polar surface area (TPSA) is 12.0 Å². The van der Waals surface area contributed by atoms with Crippen LogP contribution in [-0.4, -0.2) is 6.54 Å². The third-order valence-corrected chi connectivity index (χ3v) is 3.25. The Morgan fingerprint density at radius 3 is 2.72 bits per heavy atom. The molecule has 0 fully saturated rings. The van der Waals surface area contributed by atoms with Crippen LogP contribution >= 0.6 is 15.9 Å². The van der Waals surface area contributed by atoms with Gasteiger partial charge in [0.1, 0.15) is 5.82 Å². The molecular formula is C15H21BrFN. The highest BCUT2D eigenvalue weighted by Gasteiger charge is 2.12. The van der Waals surface area contributed by atoms with E-state index in [0.717, 1.165) is 41.4 Å². The highest BCUT2D eigenvalue weighted by molar-refractivity contribution is 9.10. The lowest BCUT2D eigenvalue weighted by Crippen LogP contribution is -2.22. The Morgan fingerprint density at radius 2 is 2.17 bits per heavy atom. The molecular weight excluding hydrogens is 293 g/mol. The fourth-order valence-electron chi connectivity index (χ4n) is 1.87. The Balaban J connectivity index is 2.82. The monoisotopic (exact) mass is 313 g/mol. The summed E-state index contributed by atoms with van der Waals surface area (Å²) in [6.07, 6.45) is 2.97. The summed E-state index contributed by atoms with van der Waals surface area (Å²) in [4.78, 5) is 0. The van der Waals surface area contributed by atoms with Crippen molar-refractivity contribution in [3.8, 4) is 0 Å². The van der Waals surface area contributed by atoms with E-state index < -0.39 is 0 Å². The number of nitrogens with one attached hydrogen (secondary N) is 1. The highest BCUT2D eigenvalue weighted by Crippen LogP contribution is 2.24. The van der Waals surface area contributed by atoms with E-state index in [1.54, 1.807) is 6.07 Å². The molecule has 0 heterocycles. The largest absolute Gasteiger partial charge is 0.310 e. The quantitative estimate of drug-likeness (QED) is 0.700. The molecule has 0 radical (unpaired) electrons. The Morgan fingerprint density at radius 1 is 1.44 bits per heavy atom. The van der Waals surface area contributed by atoms with Crippen molar-refractivity contribution >= 4 is 15.9 Å². The molecule has 1 nitrogen and oxygen atoms in total. The lowest BCUT2D eigenvalue weighted by molar-refractivity contribution is 0.495. The minimum atomic E-state index is -0.196. The molecule has 0 saturated carbocycles. The molecule has 0 aliphatic rings. The number of halogens is 2. The predicted octanol–water partition coefficient (Wildman–Crippen LogP) is 4.99. The van der Waals surface area contributed by atoms with Crippen LogP contribution in [0.3, 0.4) is 0 Å². The van der Waals surface area contributed by atoms with E-state index in [0.29, 0.717) is 0 Å². The van der Waals surface area contributed by atoms with Gasteiger partial charge < -0.3 is 5.32 Å². The maximum absolute atomic E-state index is 13.4. The lowest BCUT2D eigenvalue weighted by atomic mass is 9.99. The van der Waals surface area contributed by atoms with Gasteiger partial charge in [0.05, 0.1) is 0 Å². The summed E-state index contributed by atoms with van der Waals surface area (Å²) in [5, 5.41) is 3.47. The molecule has 18 heavy (non-hydrogen) atoms. The molecule has 1 atom stereocenters. The van der Waals surface area contributed by atoms with Crippen LogP contribution in [0, 0.1) is 5.82 Å². The molecule has 0 saturated heterocycles. The van der Waals surface area contributed by atoms with Gasteiger partial charge in [0.2, 0.25) is 0 Å². The van der Waals surface area contributed by atoms with E-state index in [1.807, 2.05) is 13.0 Å². The predicted molar refractivity (Wildman–Crippen MR) is 79.2 cm³/mol. The first-order chi connectivity index (χ1) is 8.52. The van der Waals surface area contributed by atoms with Crippen LogP contribution in [-0.2, 0) is 0 Å². The van der Waals surface area contributed by atoms with E-state index in [1.165, 1.54) is 6.07 Å². The summed E-state index contributed by atoms with van der Waals surface area (Å²) in [6.45, 7) is 9.02. The smallest absolute Gasteiger partial charge is 0.124 e. The SMILES string of the molecule is C=C(C)CCC(NCCC)c1cc(F)cc(Br)c1. The summed E-state index contributed by atoms with van der Waals surface area (Å²) in [6, 6.07) is 5.26. The zero-order chi connectivity index (χ0) is 13.5. The van der Waals surface area contributed by atoms with Crippen molar-refractivity contribution in [1.82, 2.24) is 5.32 Å².